The zero-order valence-corrected chi connectivity index (χ0v) is 15.0. The second-order valence-corrected chi connectivity index (χ2v) is 7.69. The molecular weight excluding hydrogens is 334 g/mol. The smallest absolute Gasteiger partial charge is 0.194 e. The lowest BCUT2D eigenvalue weighted by Crippen LogP contribution is -2.39. The number of rotatable bonds is 5. The summed E-state index contributed by atoms with van der Waals surface area (Å²) in [7, 11) is 1.69. The lowest BCUT2D eigenvalue weighted by Gasteiger charge is -2.27. The Hall–Kier alpha value is -2.05. The van der Waals surface area contributed by atoms with Gasteiger partial charge in [-0.05, 0) is 30.9 Å². The van der Waals surface area contributed by atoms with Gasteiger partial charge in [0.25, 0.3) is 0 Å². The minimum absolute atomic E-state index is 0.302. The van der Waals surface area contributed by atoms with Crippen molar-refractivity contribution in [3.63, 3.8) is 0 Å². The fraction of sp³-hybridized carbons (Fsp3) is 0.421. The average molecular weight is 355 g/mol. The van der Waals surface area contributed by atoms with Crippen molar-refractivity contribution in [2.75, 3.05) is 13.7 Å². The number of thiazole rings is 1. The summed E-state index contributed by atoms with van der Waals surface area (Å²) < 4.78 is 13.6. The molecule has 130 valence electrons. The Morgan fingerprint density at radius 3 is 3.16 bits per heavy atom. The van der Waals surface area contributed by atoms with Crippen LogP contribution in [-0.4, -0.2) is 29.1 Å². The fourth-order valence-electron chi connectivity index (χ4n) is 3.64. The summed E-state index contributed by atoms with van der Waals surface area (Å²) in [6, 6.07) is 6.40. The van der Waals surface area contributed by atoms with Crippen LogP contribution >= 0.6 is 11.3 Å². The number of aromatic nitrogens is 2. The number of para-hydroxylation sites is 1. The number of benzene rings is 1. The summed E-state index contributed by atoms with van der Waals surface area (Å²) >= 11 is 1.71. The molecule has 0 spiro atoms. The molecule has 3 heterocycles. The third-order valence-corrected chi connectivity index (χ3v) is 5.85. The highest BCUT2D eigenvalue weighted by molar-refractivity contribution is 7.15. The highest BCUT2D eigenvalue weighted by atomic mass is 32.1. The number of imidazole rings is 1. The molecule has 1 atom stereocenters. The molecule has 0 amide bonds. The third kappa shape index (κ3) is 2.69. The Balaban J connectivity index is 1.34. The van der Waals surface area contributed by atoms with E-state index >= 15 is 0 Å². The number of hydrogen-bond acceptors (Lipinski definition) is 5. The van der Waals surface area contributed by atoms with E-state index in [2.05, 4.69) is 27.4 Å². The molecule has 2 aliphatic rings. The molecule has 3 aromatic rings. The first kappa shape index (κ1) is 15.2. The van der Waals surface area contributed by atoms with Crippen molar-refractivity contribution in [3.8, 4) is 11.5 Å². The minimum atomic E-state index is 0.302. The van der Waals surface area contributed by atoms with E-state index in [0.29, 0.717) is 18.6 Å². The van der Waals surface area contributed by atoms with Crippen molar-refractivity contribution in [2.24, 2.45) is 0 Å². The molecule has 1 fully saturated rings. The predicted molar refractivity (Wildman–Crippen MR) is 97.9 cm³/mol. The summed E-state index contributed by atoms with van der Waals surface area (Å²) in [5.74, 6) is 2.38. The number of ether oxygens (including phenoxy) is 2. The molecule has 25 heavy (non-hydrogen) atoms. The van der Waals surface area contributed by atoms with E-state index in [-0.39, 0.29) is 0 Å². The van der Waals surface area contributed by atoms with E-state index < -0.39 is 0 Å². The average Bonchev–Trinajstić information content (AvgIpc) is 3.28. The lowest BCUT2D eigenvalue weighted by atomic mass is 10.0. The Morgan fingerprint density at radius 1 is 1.40 bits per heavy atom. The lowest BCUT2D eigenvalue weighted by molar-refractivity contribution is 0.226. The van der Waals surface area contributed by atoms with Gasteiger partial charge in [0.15, 0.2) is 16.5 Å². The molecule has 0 saturated heterocycles. The molecule has 1 N–H and O–H groups in total. The predicted octanol–water partition coefficient (Wildman–Crippen LogP) is 3.38. The molecule has 1 aliphatic carbocycles. The van der Waals surface area contributed by atoms with Gasteiger partial charge in [0.2, 0.25) is 0 Å². The Bertz CT molecular complexity index is 913. The molecule has 0 unspecified atom stereocenters. The highest BCUT2D eigenvalue weighted by Crippen LogP contribution is 2.42. The van der Waals surface area contributed by atoms with Crippen LogP contribution in [0, 0.1) is 0 Å². The quantitative estimate of drug-likeness (QED) is 0.762. The van der Waals surface area contributed by atoms with Crippen molar-refractivity contribution in [2.45, 2.75) is 37.8 Å². The number of nitrogens with zero attached hydrogens (tertiary/aromatic N) is 2. The largest absolute Gasteiger partial charge is 0.493 e. The van der Waals surface area contributed by atoms with E-state index in [1.165, 1.54) is 29.8 Å². The van der Waals surface area contributed by atoms with Crippen LogP contribution < -0.4 is 14.8 Å². The Morgan fingerprint density at radius 2 is 2.32 bits per heavy atom. The van der Waals surface area contributed by atoms with Gasteiger partial charge in [-0.25, -0.2) is 4.98 Å². The van der Waals surface area contributed by atoms with Crippen molar-refractivity contribution in [1.29, 1.82) is 0 Å². The number of fused-ring (bicyclic) bond motifs is 2. The number of methoxy groups -OCH3 is 1. The van der Waals surface area contributed by atoms with Crippen molar-refractivity contribution < 1.29 is 9.47 Å². The molecule has 5 rings (SSSR count). The second kappa shape index (κ2) is 6.04. The van der Waals surface area contributed by atoms with E-state index in [1.54, 1.807) is 18.4 Å². The number of hydrogen-bond donors (Lipinski definition) is 1. The first-order chi connectivity index (χ1) is 12.3. The van der Waals surface area contributed by atoms with Crippen molar-refractivity contribution >= 4 is 16.3 Å². The molecule has 0 bridgehead atoms. The third-order valence-electron chi connectivity index (χ3n) is 5.09. The molecule has 1 aliphatic heterocycles. The zero-order chi connectivity index (χ0) is 16.8. The van der Waals surface area contributed by atoms with Gasteiger partial charge in [0, 0.05) is 30.1 Å². The summed E-state index contributed by atoms with van der Waals surface area (Å²) in [5, 5.41) is 5.79. The maximum absolute atomic E-state index is 5.98. The maximum Gasteiger partial charge on any atom is 0.194 e. The Labute approximate surface area is 150 Å². The minimum Gasteiger partial charge on any atom is -0.493 e. The van der Waals surface area contributed by atoms with Crippen LogP contribution in [0.1, 0.15) is 35.7 Å². The van der Waals surface area contributed by atoms with E-state index in [0.717, 1.165) is 29.4 Å². The van der Waals surface area contributed by atoms with Crippen LogP contribution in [0.3, 0.4) is 0 Å². The Kier molecular flexibility index (Phi) is 3.68. The molecule has 2 aromatic heterocycles. The summed E-state index contributed by atoms with van der Waals surface area (Å²) in [6.07, 6.45) is 5.64. The van der Waals surface area contributed by atoms with Crippen LogP contribution in [0.4, 0.5) is 0 Å². The van der Waals surface area contributed by atoms with E-state index in [1.807, 2.05) is 12.1 Å². The standard InChI is InChI=1S/C19H21N3O2S/c1-23-16-4-2-3-13-9-14(11-24-18(13)16)20-10-15-17(12-5-6-12)21-19-22(15)7-8-25-19/h2-4,7-8,12,14,20H,5-6,9-11H2,1H3/t14-/m0/s1. The second-order valence-electron chi connectivity index (χ2n) is 6.82. The molecule has 1 saturated carbocycles. The van der Waals surface area contributed by atoms with Gasteiger partial charge in [-0.3, -0.25) is 4.40 Å². The van der Waals surface area contributed by atoms with Crippen LogP contribution in [0.15, 0.2) is 29.8 Å². The number of nitrogens with one attached hydrogen (secondary N) is 1. The van der Waals surface area contributed by atoms with Crippen LogP contribution in [0.2, 0.25) is 0 Å². The molecule has 1 aromatic carbocycles. The molecule has 6 heteroatoms. The van der Waals surface area contributed by atoms with Gasteiger partial charge in [0.1, 0.15) is 6.61 Å². The van der Waals surface area contributed by atoms with Gasteiger partial charge < -0.3 is 14.8 Å². The van der Waals surface area contributed by atoms with Crippen molar-refractivity contribution in [3.05, 3.63) is 46.7 Å². The SMILES string of the molecule is COc1cccc2c1OC[C@@H](NCc1c(C3CC3)nc3sccn13)C2. The molecule has 5 nitrogen and oxygen atoms in total. The first-order valence-electron chi connectivity index (χ1n) is 8.80. The maximum atomic E-state index is 5.98. The molecule has 0 radical (unpaired) electrons. The van der Waals surface area contributed by atoms with E-state index in [4.69, 9.17) is 14.5 Å². The van der Waals surface area contributed by atoms with Gasteiger partial charge >= 0.3 is 0 Å². The van der Waals surface area contributed by atoms with Crippen LogP contribution in [0.25, 0.3) is 4.96 Å². The van der Waals surface area contributed by atoms with Gasteiger partial charge in [-0.15, -0.1) is 11.3 Å². The first-order valence-corrected chi connectivity index (χ1v) is 9.68. The van der Waals surface area contributed by atoms with Crippen molar-refractivity contribution in [1.82, 2.24) is 14.7 Å². The van der Waals surface area contributed by atoms with Gasteiger partial charge in [0.05, 0.1) is 18.5 Å². The zero-order valence-electron chi connectivity index (χ0n) is 14.2. The van der Waals surface area contributed by atoms with Gasteiger partial charge in [-0.2, -0.15) is 0 Å². The molecular formula is C19H21N3O2S. The summed E-state index contributed by atoms with van der Waals surface area (Å²) in [4.78, 5) is 5.96. The summed E-state index contributed by atoms with van der Waals surface area (Å²) in [6.45, 7) is 1.49. The summed E-state index contributed by atoms with van der Waals surface area (Å²) in [5.41, 5.74) is 3.81. The van der Waals surface area contributed by atoms with E-state index in [9.17, 15) is 0 Å². The monoisotopic (exact) mass is 355 g/mol. The van der Waals surface area contributed by atoms with Gasteiger partial charge in [-0.1, -0.05) is 12.1 Å². The van der Waals surface area contributed by atoms with Crippen LogP contribution in [0.5, 0.6) is 11.5 Å². The van der Waals surface area contributed by atoms with Crippen LogP contribution in [-0.2, 0) is 13.0 Å². The fourth-order valence-corrected chi connectivity index (χ4v) is 4.38. The topological polar surface area (TPSA) is 47.8 Å². The normalized spacial score (nSPS) is 19.6. The highest BCUT2D eigenvalue weighted by Gasteiger charge is 2.31.